The van der Waals surface area contributed by atoms with Gasteiger partial charge in [0.25, 0.3) is 5.91 Å². The molecule has 1 aliphatic rings. The van der Waals surface area contributed by atoms with Crippen molar-refractivity contribution in [2.75, 3.05) is 6.54 Å². The summed E-state index contributed by atoms with van der Waals surface area (Å²) in [6.45, 7) is 2.95. The maximum Gasteiger partial charge on any atom is 0.261 e. The topological polar surface area (TPSA) is 71.9 Å². The summed E-state index contributed by atoms with van der Waals surface area (Å²) in [5.41, 5.74) is 1.07. The zero-order valence-corrected chi connectivity index (χ0v) is 12.4. The second kappa shape index (κ2) is 5.69. The molecule has 1 atom stereocenters. The summed E-state index contributed by atoms with van der Waals surface area (Å²) in [7, 11) is 0. The molecule has 0 fully saturated rings. The van der Waals surface area contributed by atoms with Crippen molar-refractivity contribution in [3.63, 3.8) is 0 Å². The van der Waals surface area contributed by atoms with Crippen LogP contribution in [0.4, 0.5) is 0 Å². The smallest absolute Gasteiger partial charge is 0.261 e. The predicted octanol–water partition coefficient (Wildman–Crippen LogP) is 1.37. The molecule has 21 heavy (non-hydrogen) atoms. The van der Waals surface area contributed by atoms with Crippen LogP contribution in [-0.4, -0.2) is 33.3 Å². The molecule has 110 valence electrons. The molecular weight excluding hydrogens is 288 g/mol. The van der Waals surface area contributed by atoms with E-state index in [4.69, 9.17) is 17.0 Å². The number of nitrogens with zero attached hydrogens (tertiary/aromatic N) is 2. The van der Waals surface area contributed by atoms with Crippen LogP contribution >= 0.6 is 12.2 Å². The predicted molar refractivity (Wildman–Crippen MR) is 79.7 cm³/mol. The number of nitrogens with one attached hydrogen (secondary N) is 2. The molecule has 0 radical (unpaired) electrons. The van der Waals surface area contributed by atoms with Gasteiger partial charge in [0.15, 0.2) is 10.9 Å². The van der Waals surface area contributed by atoms with Gasteiger partial charge in [-0.2, -0.15) is 5.10 Å². The molecule has 0 spiro atoms. The normalized spacial score (nSPS) is 16.3. The van der Waals surface area contributed by atoms with Crippen LogP contribution in [0.2, 0.25) is 0 Å². The van der Waals surface area contributed by atoms with Gasteiger partial charge in [-0.25, -0.2) is 0 Å². The number of hydrogen-bond acceptors (Lipinski definition) is 4. The maximum absolute atomic E-state index is 12.1. The van der Waals surface area contributed by atoms with Gasteiger partial charge in [0, 0.05) is 19.5 Å². The number of fused-ring (bicyclic) bond motifs is 1. The zero-order valence-electron chi connectivity index (χ0n) is 11.6. The van der Waals surface area contributed by atoms with Crippen LogP contribution in [0, 0.1) is 11.7 Å². The number of carbonyl (C=O) groups is 1. The van der Waals surface area contributed by atoms with Crippen LogP contribution in [-0.2, 0) is 17.8 Å². The third-order valence-corrected chi connectivity index (χ3v) is 3.84. The van der Waals surface area contributed by atoms with E-state index in [1.54, 1.807) is 0 Å². The molecule has 1 aromatic heterocycles. The van der Waals surface area contributed by atoms with Crippen LogP contribution in [0.15, 0.2) is 24.3 Å². The Labute approximate surface area is 127 Å². The third-order valence-electron chi connectivity index (χ3n) is 3.52. The summed E-state index contributed by atoms with van der Waals surface area (Å²) in [5.74, 6) is 1.50. The van der Waals surface area contributed by atoms with E-state index in [1.165, 1.54) is 0 Å². The molecule has 0 bridgehead atoms. The minimum atomic E-state index is -0.444. The molecule has 1 unspecified atom stereocenters. The number of hydrogen-bond donors (Lipinski definition) is 2. The Morgan fingerprint density at radius 2 is 2.38 bits per heavy atom. The second-order valence-electron chi connectivity index (χ2n) is 4.94. The van der Waals surface area contributed by atoms with Gasteiger partial charge in [0.1, 0.15) is 11.6 Å². The Kier molecular flexibility index (Phi) is 3.74. The Hall–Kier alpha value is -2.15. The highest BCUT2D eigenvalue weighted by Crippen LogP contribution is 2.27. The van der Waals surface area contributed by atoms with Gasteiger partial charge < -0.3 is 14.6 Å². The van der Waals surface area contributed by atoms with Crippen molar-refractivity contribution in [2.24, 2.45) is 0 Å². The minimum Gasteiger partial charge on any atom is -0.480 e. The Morgan fingerprint density at radius 1 is 1.57 bits per heavy atom. The molecule has 3 rings (SSSR count). The standard InChI is InChI=1S/C14H16N4O2S/c1-9-16-17-14(21)18(9)7-6-15-13(19)12-8-10-4-2-3-5-11(10)20-12/h2-5,12H,6-8H2,1H3,(H,15,19)(H,17,21). The Balaban J connectivity index is 1.53. The fraction of sp³-hybridized carbons (Fsp3) is 0.357. The number of carbonyl (C=O) groups excluding carboxylic acids is 1. The number of aryl methyl sites for hydroxylation is 1. The first-order valence-corrected chi connectivity index (χ1v) is 7.20. The first-order valence-electron chi connectivity index (χ1n) is 6.79. The zero-order chi connectivity index (χ0) is 14.8. The molecule has 0 saturated heterocycles. The van der Waals surface area contributed by atoms with Crippen molar-refractivity contribution in [3.8, 4) is 5.75 Å². The van der Waals surface area contributed by atoms with Gasteiger partial charge in [0.05, 0.1) is 0 Å². The number of aromatic nitrogens is 3. The maximum atomic E-state index is 12.1. The number of H-pyrrole nitrogens is 1. The first kappa shape index (κ1) is 13.8. The summed E-state index contributed by atoms with van der Waals surface area (Å²) < 4.78 is 8.05. The van der Waals surface area contributed by atoms with E-state index in [1.807, 2.05) is 35.8 Å². The van der Waals surface area contributed by atoms with E-state index in [0.29, 0.717) is 24.3 Å². The van der Waals surface area contributed by atoms with Crippen LogP contribution in [0.1, 0.15) is 11.4 Å². The summed E-state index contributed by atoms with van der Waals surface area (Å²) >= 11 is 5.11. The van der Waals surface area contributed by atoms with Gasteiger partial charge in [-0.3, -0.25) is 9.89 Å². The van der Waals surface area contributed by atoms with E-state index in [-0.39, 0.29) is 5.91 Å². The van der Waals surface area contributed by atoms with Gasteiger partial charge in [-0.15, -0.1) is 0 Å². The van der Waals surface area contributed by atoms with Crippen LogP contribution in [0.5, 0.6) is 5.75 Å². The monoisotopic (exact) mass is 304 g/mol. The average molecular weight is 304 g/mol. The van der Waals surface area contributed by atoms with Crippen molar-refractivity contribution >= 4 is 18.1 Å². The largest absolute Gasteiger partial charge is 0.480 e. The lowest BCUT2D eigenvalue weighted by molar-refractivity contribution is -0.127. The Bertz CT molecular complexity index is 697. The van der Waals surface area contributed by atoms with Crippen LogP contribution in [0.3, 0.4) is 0 Å². The highest BCUT2D eigenvalue weighted by Gasteiger charge is 2.28. The summed E-state index contributed by atoms with van der Waals surface area (Å²) in [5, 5.41) is 9.63. The summed E-state index contributed by atoms with van der Waals surface area (Å²) in [4.78, 5) is 12.1. The van der Waals surface area contributed by atoms with Crippen molar-refractivity contribution < 1.29 is 9.53 Å². The molecule has 1 aliphatic heterocycles. The molecule has 2 heterocycles. The van der Waals surface area contributed by atoms with E-state index >= 15 is 0 Å². The van der Waals surface area contributed by atoms with E-state index < -0.39 is 6.10 Å². The number of ether oxygens (including phenoxy) is 1. The lowest BCUT2D eigenvalue weighted by atomic mass is 10.1. The first-order chi connectivity index (χ1) is 10.1. The lowest BCUT2D eigenvalue weighted by Crippen LogP contribution is -2.39. The van der Waals surface area contributed by atoms with Crippen molar-refractivity contribution in [3.05, 3.63) is 40.4 Å². The van der Waals surface area contributed by atoms with Gasteiger partial charge in [-0.1, -0.05) is 18.2 Å². The van der Waals surface area contributed by atoms with E-state index in [9.17, 15) is 4.79 Å². The molecule has 2 aromatic rings. The highest BCUT2D eigenvalue weighted by atomic mass is 32.1. The summed E-state index contributed by atoms with van der Waals surface area (Å²) in [6.07, 6.45) is 0.174. The molecule has 0 aliphatic carbocycles. The van der Waals surface area contributed by atoms with Gasteiger partial charge in [-0.05, 0) is 30.8 Å². The number of rotatable bonds is 4. The molecular formula is C14H16N4O2S. The van der Waals surface area contributed by atoms with Gasteiger partial charge in [0.2, 0.25) is 0 Å². The van der Waals surface area contributed by atoms with Crippen molar-refractivity contribution in [1.82, 2.24) is 20.1 Å². The fourth-order valence-electron chi connectivity index (χ4n) is 2.39. The number of aromatic amines is 1. The number of para-hydroxylation sites is 1. The summed E-state index contributed by atoms with van der Waals surface area (Å²) in [6, 6.07) is 7.72. The van der Waals surface area contributed by atoms with E-state index in [2.05, 4.69) is 15.5 Å². The average Bonchev–Trinajstić information content (AvgIpc) is 3.04. The molecule has 2 N–H and O–H groups in total. The molecule has 1 aromatic carbocycles. The van der Waals surface area contributed by atoms with E-state index in [0.717, 1.165) is 17.1 Å². The van der Waals surface area contributed by atoms with Crippen molar-refractivity contribution in [1.29, 1.82) is 0 Å². The lowest BCUT2D eigenvalue weighted by Gasteiger charge is -2.11. The fourth-order valence-corrected chi connectivity index (χ4v) is 2.66. The van der Waals surface area contributed by atoms with Gasteiger partial charge >= 0.3 is 0 Å². The van der Waals surface area contributed by atoms with Crippen molar-refractivity contribution in [2.45, 2.75) is 26.0 Å². The third kappa shape index (κ3) is 2.82. The highest BCUT2D eigenvalue weighted by molar-refractivity contribution is 7.71. The SMILES string of the molecule is Cc1n[nH]c(=S)n1CCNC(=O)C1Cc2ccccc2O1. The Morgan fingerprint density at radius 3 is 3.10 bits per heavy atom. The minimum absolute atomic E-state index is 0.0983. The molecule has 6 nitrogen and oxygen atoms in total. The number of benzene rings is 1. The quantitative estimate of drug-likeness (QED) is 0.837. The molecule has 0 saturated carbocycles. The van der Waals surface area contributed by atoms with Crippen LogP contribution < -0.4 is 10.1 Å². The molecule has 7 heteroatoms. The molecule has 1 amide bonds. The van der Waals surface area contributed by atoms with Crippen LogP contribution in [0.25, 0.3) is 0 Å². The number of amides is 1. The second-order valence-corrected chi connectivity index (χ2v) is 5.32.